The van der Waals surface area contributed by atoms with E-state index in [1.165, 1.54) is 0 Å². The lowest BCUT2D eigenvalue weighted by Crippen LogP contribution is -2.15. The number of carbonyl (C=O) groups is 1. The number of pyridine rings is 1. The third-order valence-corrected chi connectivity index (χ3v) is 2.75. The Morgan fingerprint density at radius 1 is 1.47 bits per heavy atom. The van der Waals surface area contributed by atoms with Crippen molar-refractivity contribution in [2.75, 3.05) is 25.1 Å². The van der Waals surface area contributed by atoms with Gasteiger partial charge in [0, 0.05) is 19.3 Å². The highest BCUT2D eigenvalue weighted by Gasteiger charge is 2.13. The topological polar surface area (TPSA) is 71.5 Å². The molecular weight excluding hydrogens is 244 g/mol. The van der Waals surface area contributed by atoms with Crippen molar-refractivity contribution < 1.29 is 14.6 Å². The first-order chi connectivity index (χ1) is 9.02. The standard InChI is InChI=1S/C14H22N2O3/c1-10(2)5-8-19-9-7-16-13-12(14(17)18)11(3)4-6-15-13/h4,6,10H,5,7-9H2,1-3H3,(H,15,16)(H,17,18). The van der Waals surface area contributed by atoms with Gasteiger partial charge >= 0.3 is 5.97 Å². The maximum Gasteiger partial charge on any atom is 0.339 e. The molecule has 1 aromatic heterocycles. The Morgan fingerprint density at radius 3 is 2.84 bits per heavy atom. The smallest absolute Gasteiger partial charge is 0.339 e. The predicted molar refractivity (Wildman–Crippen MR) is 74.7 cm³/mol. The Bertz CT molecular complexity index is 419. The molecule has 0 saturated heterocycles. The molecule has 0 aliphatic heterocycles. The molecule has 0 bridgehead atoms. The molecule has 0 aliphatic carbocycles. The van der Waals surface area contributed by atoms with E-state index in [4.69, 9.17) is 9.84 Å². The Labute approximate surface area is 114 Å². The average molecular weight is 266 g/mol. The maximum absolute atomic E-state index is 11.1. The molecule has 1 rings (SSSR count). The highest BCUT2D eigenvalue weighted by Crippen LogP contribution is 2.16. The second-order valence-electron chi connectivity index (χ2n) is 4.88. The Morgan fingerprint density at radius 2 is 2.21 bits per heavy atom. The normalized spacial score (nSPS) is 10.7. The largest absolute Gasteiger partial charge is 0.478 e. The van der Waals surface area contributed by atoms with Crippen LogP contribution in [-0.4, -0.2) is 35.8 Å². The van der Waals surface area contributed by atoms with Crippen LogP contribution < -0.4 is 5.32 Å². The summed E-state index contributed by atoms with van der Waals surface area (Å²) in [6.07, 6.45) is 2.63. The number of rotatable bonds is 8. The molecule has 0 fully saturated rings. The summed E-state index contributed by atoms with van der Waals surface area (Å²) in [5.41, 5.74) is 0.926. The fourth-order valence-corrected chi connectivity index (χ4v) is 1.62. The van der Waals surface area contributed by atoms with Crippen LogP contribution in [0.25, 0.3) is 0 Å². The predicted octanol–water partition coefficient (Wildman–Crippen LogP) is 2.56. The fourth-order valence-electron chi connectivity index (χ4n) is 1.62. The second kappa shape index (κ2) is 7.74. The van der Waals surface area contributed by atoms with Gasteiger partial charge in [0.2, 0.25) is 0 Å². The summed E-state index contributed by atoms with van der Waals surface area (Å²) in [5, 5.41) is 12.1. The van der Waals surface area contributed by atoms with Crippen molar-refractivity contribution >= 4 is 11.8 Å². The minimum absolute atomic E-state index is 0.227. The van der Waals surface area contributed by atoms with Gasteiger partial charge in [-0.05, 0) is 30.9 Å². The summed E-state index contributed by atoms with van der Waals surface area (Å²) in [6.45, 7) is 7.88. The molecule has 0 unspecified atom stereocenters. The number of aromatic nitrogens is 1. The molecule has 0 saturated carbocycles. The average Bonchev–Trinajstić information content (AvgIpc) is 2.32. The van der Waals surface area contributed by atoms with Crippen molar-refractivity contribution in [3.05, 3.63) is 23.4 Å². The van der Waals surface area contributed by atoms with E-state index in [2.05, 4.69) is 24.1 Å². The monoisotopic (exact) mass is 266 g/mol. The molecule has 5 nitrogen and oxygen atoms in total. The molecular formula is C14H22N2O3. The van der Waals surface area contributed by atoms with Crippen molar-refractivity contribution in [2.45, 2.75) is 27.2 Å². The third-order valence-electron chi connectivity index (χ3n) is 2.75. The molecule has 1 aromatic rings. The minimum Gasteiger partial charge on any atom is -0.478 e. The highest BCUT2D eigenvalue weighted by atomic mass is 16.5. The Kier molecular flexibility index (Phi) is 6.29. The number of aryl methyl sites for hydroxylation is 1. The molecule has 19 heavy (non-hydrogen) atoms. The van der Waals surface area contributed by atoms with E-state index in [1.54, 1.807) is 19.2 Å². The summed E-state index contributed by atoms with van der Waals surface area (Å²) in [6, 6.07) is 1.69. The van der Waals surface area contributed by atoms with E-state index in [9.17, 15) is 4.79 Å². The molecule has 5 heteroatoms. The Balaban J connectivity index is 2.41. The summed E-state index contributed by atoms with van der Waals surface area (Å²) >= 11 is 0. The SMILES string of the molecule is Cc1ccnc(NCCOCCC(C)C)c1C(=O)O. The van der Waals surface area contributed by atoms with Gasteiger partial charge in [-0.1, -0.05) is 13.8 Å². The van der Waals surface area contributed by atoms with Crippen molar-refractivity contribution in [2.24, 2.45) is 5.92 Å². The summed E-state index contributed by atoms with van der Waals surface area (Å²) < 4.78 is 5.46. The van der Waals surface area contributed by atoms with Crippen LogP contribution in [0.5, 0.6) is 0 Å². The molecule has 0 aromatic carbocycles. The van der Waals surface area contributed by atoms with Gasteiger partial charge < -0.3 is 15.2 Å². The van der Waals surface area contributed by atoms with Crippen molar-refractivity contribution in [1.82, 2.24) is 4.98 Å². The van der Waals surface area contributed by atoms with Gasteiger partial charge in [0.05, 0.1) is 6.61 Å². The zero-order valence-electron chi connectivity index (χ0n) is 11.8. The van der Waals surface area contributed by atoms with Crippen LogP contribution in [0.15, 0.2) is 12.3 Å². The van der Waals surface area contributed by atoms with Crippen LogP contribution in [0.4, 0.5) is 5.82 Å². The number of nitrogens with one attached hydrogen (secondary N) is 1. The van der Waals surface area contributed by atoms with Crippen LogP contribution >= 0.6 is 0 Å². The maximum atomic E-state index is 11.1. The Hall–Kier alpha value is -1.62. The van der Waals surface area contributed by atoms with E-state index in [-0.39, 0.29) is 5.56 Å². The van der Waals surface area contributed by atoms with Gasteiger partial charge in [-0.15, -0.1) is 0 Å². The van der Waals surface area contributed by atoms with Gasteiger partial charge in [0.25, 0.3) is 0 Å². The lowest BCUT2D eigenvalue weighted by molar-refractivity contribution is 0.0696. The molecule has 0 spiro atoms. The number of ether oxygens (including phenoxy) is 1. The molecule has 1 heterocycles. The molecule has 0 amide bonds. The van der Waals surface area contributed by atoms with E-state index < -0.39 is 5.97 Å². The van der Waals surface area contributed by atoms with Gasteiger partial charge in [-0.3, -0.25) is 0 Å². The van der Waals surface area contributed by atoms with Crippen LogP contribution in [-0.2, 0) is 4.74 Å². The third kappa shape index (κ3) is 5.26. The zero-order chi connectivity index (χ0) is 14.3. The van der Waals surface area contributed by atoms with Gasteiger partial charge in [0.1, 0.15) is 11.4 Å². The fraction of sp³-hybridized carbons (Fsp3) is 0.571. The van der Waals surface area contributed by atoms with E-state index >= 15 is 0 Å². The van der Waals surface area contributed by atoms with Crippen LogP contribution in [0.2, 0.25) is 0 Å². The lowest BCUT2D eigenvalue weighted by Gasteiger charge is -2.11. The number of carboxylic acid groups (broad SMARTS) is 1. The summed E-state index contributed by atoms with van der Waals surface area (Å²) in [7, 11) is 0. The number of aromatic carboxylic acids is 1. The first kappa shape index (κ1) is 15.4. The number of hydrogen-bond acceptors (Lipinski definition) is 4. The van der Waals surface area contributed by atoms with Crippen molar-refractivity contribution in [1.29, 1.82) is 0 Å². The van der Waals surface area contributed by atoms with Crippen LogP contribution in [0.1, 0.15) is 36.2 Å². The molecule has 0 aliphatic rings. The summed E-state index contributed by atoms with van der Waals surface area (Å²) in [5.74, 6) is 0.0683. The first-order valence-electron chi connectivity index (χ1n) is 6.53. The molecule has 2 N–H and O–H groups in total. The first-order valence-corrected chi connectivity index (χ1v) is 6.53. The number of anilines is 1. The van der Waals surface area contributed by atoms with Crippen molar-refractivity contribution in [3.63, 3.8) is 0 Å². The van der Waals surface area contributed by atoms with Crippen LogP contribution in [0, 0.1) is 12.8 Å². The van der Waals surface area contributed by atoms with E-state index in [0.717, 1.165) is 13.0 Å². The molecule has 0 atom stereocenters. The number of carboxylic acids is 1. The lowest BCUT2D eigenvalue weighted by atomic mass is 10.1. The second-order valence-corrected chi connectivity index (χ2v) is 4.88. The van der Waals surface area contributed by atoms with Gasteiger partial charge in [-0.2, -0.15) is 0 Å². The van der Waals surface area contributed by atoms with Crippen LogP contribution in [0.3, 0.4) is 0 Å². The summed E-state index contributed by atoms with van der Waals surface area (Å²) in [4.78, 5) is 15.2. The number of nitrogens with zero attached hydrogens (tertiary/aromatic N) is 1. The molecule has 0 radical (unpaired) electrons. The molecule has 106 valence electrons. The zero-order valence-corrected chi connectivity index (χ0v) is 11.8. The van der Waals surface area contributed by atoms with E-state index in [1.807, 2.05) is 0 Å². The van der Waals surface area contributed by atoms with Gasteiger partial charge in [-0.25, -0.2) is 9.78 Å². The number of hydrogen-bond donors (Lipinski definition) is 2. The quantitative estimate of drug-likeness (QED) is 0.708. The minimum atomic E-state index is -0.964. The van der Waals surface area contributed by atoms with Crippen molar-refractivity contribution in [3.8, 4) is 0 Å². The van der Waals surface area contributed by atoms with E-state index in [0.29, 0.717) is 30.5 Å². The highest BCUT2D eigenvalue weighted by molar-refractivity contribution is 5.94. The van der Waals surface area contributed by atoms with Gasteiger partial charge in [0.15, 0.2) is 0 Å².